The maximum Gasteiger partial charge on any atom is 0.301 e. The molecule has 3 aromatic rings. The Bertz CT molecular complexity index is 889. The summed E-state index contributed by atoms with van der Waals surface area (Å²) in [6.07, 6.45) is 1.41. The molecule has 0 unspecified atom stereocenters. The van der Waals surface area contributed by atoms with Crippen molar-refractivity contribution in [2.24, 2.45) is 5.84 Å². The Morgan fingerprint density at radius 1 is 1.00 bits per heavy atom. The first kappa shape index (κ1) is 17.2. The van der Waals surface area contributed by atoms with Gasteiger partial charge in [-0.05, 0) is 35.9 Å². The van der Waals surface area contributed by atoms with E-state index in [2.05, 4.69) is 5.32 Å². The van der Waals surface area contributed by atoms with Crippen molar-refractivity contribution in [3.05, 3.63) is 72.7 Å². The summed E-state index contributed by atoms with van der Waals surface area (Å²) in [6, 6.07) is 17.8. The summed E-state index contributed by atoms with van der Waals surface area (Å²) < 4.78 is 10.6. The van der Waals surface area contributed by atoms with Crippen LogP contribution in [0.25, 0.3) is 11.1 Å². The van der Waals surface area contributed by atoms with Crippen LogP contribution in [-0.4, -0.2) is 18.4 Å². The standard InChI is InChI=1S/C19H17N3O4/c20-22-19(24)18-16(10-11-25-18)13-6-8-15(9-7-13)26-12-17(23)21-14-4-2-1-3-5-14/h1-11H,12,20H2,(H,21,23)(H,22,24). The fraction of sp³-hybridized carbons (Fsp3) is 0.0526. The average Bonchev–Trinajstić information content (AvgIpc) is 3.17. The molecule has 0 saturated carbocycles. The number of carbonyl (C=O) groups excluding carboxylic acids is 2. The number of benzene rings is 2. The second-order valence-corrected chi connectivity index (χ2v) is 5.36. The average molecular weight is 351 g/mol. The highest BCUT2D eigenvalue weighted by Crippen LogP contribution is 2.26. The quantitative estimate of drug-likeness (QED) is 0.359. The number of hydrogen-bond donors (Lipinski definition) is 3. The van der Waals surface area contributed by atoms with Crippen molar-refractivity contribution in [2.75, 3.05) is 11.9 Å². The Labute approximate surface area is 149 Å². The molecule has 7 nitrogen and oxygen atoms in total. The van der Waals surface area contributed by atoms with Gasteiger partial charge >= 0.3 is 5.91 Å². The lowest BCUT2D eigenvalue weighted by Crippen LogP contribution is -2.29. The van der Waals surface area contributed by atoms with Crippen LogP contribution in [0.2, 0.25) is 0 Å². The van der Waals surface area contributed by atoms with Crippen molar-refractivity contribution < 1.29 is 18.7 Å². The number of nitrogen functional groups attached to an aromatic ring is 1. The Morgan fingerprint density at radius 2 is 1.73 bits per heavy atom. The SMILES string of the molecule is NNC(=O)c1occc1-c1ccc(OCC(=O)Nc2ccccc2)cc1. The minimum Gasteiger partial charge on any atom is -0.484 e. The third-order valence-corrected chi connectivity index (χ3v) is 3.60. The summed E-state index contributed by atoms with van der Waals surface area (Å²) in [5, 5.41) is 2.74. The Hall–Kier alpha value is -3.58. The monoisotopic (exact) mass is 351 g/mol. The number of nitrogens with one attached hydrogen (secondary N) is 2. The van der Waals surface area contributed by atoms with E-state index in [0.29, 0.717) is 17.0 Å². The summed E-state index contributed by atoms with van der Waals surface area (Å²) in [7, 11) is 0. The van der Waals surface area contributed by atoms with E-state index in [-0.39, 0.29) is 18.3 Å². The van der Waals surface area contributed by atoms with Gasteiger partial charge in [-0.15, -0.1) is 0 Å². The van der Waals surface area contributed by atoms with Crippen LogP contribution in [0.4, 0.5) is 5.69 Å². The summed E-state index contributed by atoms with van der Waals surface area (Å²) in [6.45, 7) is -0.110. The van der Waals surface area contributed by atoms with Gasteiger partial charge in [0, 0.05) is 11.3 Å². The van der Waals surface area contributed by atoms with E-state index in [0.717, 1.165) is 5.56 Å². The molecule has 3 rings (SSSR count). The van der Waals surface area contributed by atoms with Gasteiger partial charge in [0.05, 0.1) is 6.26 Å². The number of anilines is 1. The maximum absolute atomic E-state index is 11.9. The number of hydrazine groups is 1. The second-order valence-electron chi connectivity index (χ2n) is 5.36. The van der Waals surface area contributed by atoms with E-state index in [1.165, 1.54) is 6.26 Å². The van der Waals surface area contributed by atoms with Crippen molar-refractivity contribution in [1.82, 2.24) is 5.43 Å². The number of ether oxygens (including phenoxy) is 1. The Kier molecular flexibility index (Phi) is 5.31. The van der Waals surface area contributed by atoms with Gasteiger partial charge in [-0.3, -0.25) is 15.0 Å². The van der Waals surface area contributed by atoms with E-state index in [1.807, 2.05) is 23.6 Å². The molecule has 132 valence electrons. The zero-order chi connectivity index (χ0) is 18.4. The van der Waals surface area contributed by atoms with Crippen molar-refractivity contribution >= 4 is 17.5 Å². The first-order valence-electron chi connectivity index (χ1n) is 7.84. The van der Waals surface area contributed by atoms with Gasteiger partial charge in [0.15, 0.2) is 12.4 Å². The molecular weight excluding hydrogens is 334 g/mol. The van der Waals surface area contributed by atoms with Crippen molar-refractivity contribution in [3.8, 4) is 16.9 Å². The van der Waals surface area contributed by atoms with Crippen molar-refractivity contribution in [3.63, 3.8) is 0 Å². The van der Waals surface area contributed by atoms with Crippen LogP contribution in [0.15, 0.2) is 71.3 Å². The first-order valence-corrected chi connectivity index (χ1v) is 7.84. The number of rotatable bonds is 6. The van der Waals surface area contributed by atoms with Crippen LogP contribution in [0.5, 0.6) is 5.75 Å². The Balaban J connectivity index is 1.61. The molecule has 0 aliphatic heterocycles. The first-order chi connectivity index (χ1) is 12.7. The number of furan rings is 1. The minimum absolute atomic E-state index is 0.110. The van der Waals surface area contributed by atoms with Crippen LogP contribution in [0.3, 0.4) is 0 Å². The number of nitrogens with two attached hydrogens (primary N) is 1. The lowest BCUT2D eigenvalue weighted by molar-refractivity contribution is -0.118. The molecule has 2 aromatic carbocycles. The molecule has 0 fully saturated rings. The fourth-order valence-corrected chi connectivity index (χ4v) is 2.38. The molecular formula is C19H17N3O4. The summed E-state index contributed by atoms with van der Waals surface area (Å²) in [5.41, 5.74) is 4.12. The Morgan fingerprint density at radius 3 is 2.42 bits per heavy atom. The maximum atomic E-state index is 11.9. The summed E-state index contributed by atoms with van der Waals surface area (Å²) in [5.74, 6) is 5.04. The molecule has 0 saturated heterocycles. The number of para-hydroxylation sites is 1. The van der Waals surface area contributed by atoms with Crippen LogP contribution in [0, 0.1) is 0 Å². The van der Waals surface area contributed by atoms with E-state index in [4.69, 9.17) is 15.0 Å². The molecule has 2 amide bonds. The molecule has 0 aliphatic rings. The predicted molar refractivity (Wildman–Crippen MR) is 96.4 cm³/mol. The number of amides is 2. The number of hydrogen-bond acceptors (Lipinski definition) is 5. The van der Waals surface area contributed by atoms with E-state index in [9.17, 15) is 9.59 Å². The molecule has 0 bridgehead atoms. The van der Waals surface area contributed by atoms with Crippen molar-refractivity contribution in [1.29, 1.82) is 0 Å². The van der Waals surface area contributed by atoms with Gasteiger partial charge < -0.3 is 14.5 Å². The van der Waals surface area contributed by atoms with Crippen LogP contribution in [0.1, 0.15) is 10.6 Å². The lowest BCUT2D eigenvalue weighted by Gasteiger charge is -2.08. The third kappa shape index (κ3) is 4.08. The van der Waals surface area contributed by atoms with Crippen LogP contribution < -0.4 is 21.3 Å². The predicted octanol–water partition coefficient (Wildman–Crippen LogP) is 2.57. The number of carbonyl (C=O) groups is 2. The van der Waals surface area contributed by atoms with E-state index < -0.39 is 5.91 Å². The van der Waals surface area contributed by atoms with E-state index >= 15 is 0 Å². The topological polar surface area (TPSA) is 107 Å². The molecule has 7 heteroatoms. The molecule has 0 radical (unpaired) electrons. The van der Waals surface area contributed by atoms with Gasteiger partial charge in [-0.1, -0.05) is 30.3 Å². The minimum atomic E-state index is -0.511. The zero-order valence-corrected chi connectivity index (χ0v) is 13.8. The fourth-order valence-electron chi connectivity index (χ4n) is 2.38. The molecule has 0 aliphatic carbocycles. The smallest absolute Gasteiger partial charge is 0.301 e. The normalized spacial score (nSPS) is 10.2. The van der Waals surface area contributed by atoms with Gasteiger partial charge in [0.2, 0.25) is 0 Å². The zero-order valence-electron chi connectivity index (χ0n) is 13.8. The van der Waals surface area contributed by atoms with Gasteiger partial charge in [0.1, 0.15) is 5.75 Å². The molecule has 1 heterocycles. The molecule has 0 spiro atoms. The highest BCUT2D eigenvalue weighted by atomic mass is 16.5. The van der Waals surface area contributed by atoms with Gasteiger partial charge in [-0.2, -0.15) is 0 Å². The molecule has 1 aromatic heterocycles. The largest absolute Gasteiger partial charge is 0.484 e. The highest BCUT2D eigenvalue weighted by Gasteiger charge is 2.15. The molecule has 0 atom stereocenters. The summed E-state index contributed by atoms with van der Waals surface area (Å²) >= 11 is 0. The molecule has 4 N–H and O–H groups in total. The summed E-state index contributed by atoms with van der Waals surface area (Å²) in [4.78, 5) is 23.6. The van der Waals surface area contributed by atoms with Crippen molar-refractivity contribution in [2.45, 2.75) is 0 Å². The van der Waals surface area contributed by atoms with Gasteiger partial charge in [0.25, 0.3) is 5.91 Å². The van der Waals surface area contributed by atoms with E-state index in [1.54, 1.807) is 42.5 Å². The van der Waals surface area contributed by atoms with Gasteiger partial charge in [-0.25, -0.2) is 5.84 Å². The molecule has 26 heavy (non-hydrogen) atoms. The second kappa shape index (κ2) is 8.00. The van der Waals surface area contributed by atoms with Crippen LogP contribution in [-0.2, 0) is 4.79 Å². The highest BCUT2D eigenvalue weighted by molar-refractivity contribution is 5.97. The van der Waals surface area contributed by atoms with Crippen LogP contribution >= 0.6 is 0 Å². The third-order valence-electron chi connectivity index (χ3n) is 3.60. The lowest BCUT2D eigenvalue weighted by atomic mass is 10.1.